The van der Waals surface area contributed by atoms with E-state index in [1.54, 1.807) is 0 Å². The monoisotopic (exact) mass is 1310 g/mol. The summed E-state index contributed by atoms with van der Waals surface area (Å²) in [4.78, 5) is 0. The third kappa shape index (κ3) is 17.0. The Kier molecular flexibility index (Phi) is 26.0. The summed E-state index contributed by atoms with van der Waals surface area (Å²) in [6.45, 7) is 11.3. The standard InChI is InChI=1S/C95H97N5/c1-6-11-14-16-20-74-45-57-88(58-46-74)94(90(84-49-37-70(10-5)38-50-84)61-75-21-29-79(65-96)30-22-75,91(62-76-23-31-80(66-97)32-24-76)85-51-39-71(17-9-4)40-52-85)95(89-59-47-83(69-100)48-60-89,92(63-77-25-33-81(67-98)34-26-77)86-53-41-72(42-54-86)18-13-8-3)93(64-78-27-35-82(68-99)36-28-78)87-55-43-73(44-56-87)19-15-12-7-2/h21-60,90-93H,6-20,61-64H2,1-5H3. The van der Waals surface area contributed by atoms with E-state index in [-0.39, 0.29) is 0 Å². The van der Waals surface area contributed by atoms with Crippen LogP contribution in [0.2, 0.25) is 0 Å². The normalized spacial score (nSPS) is 13.6. The third-order valence-corrected chi connectivity index (χ3v) is 21.6. The molecule has 0 aliphatic heterocycles. The van der Waals surface area contributed by atoms with E-state index in [4.69, 9.17) is 0 Å². The van der Waals surface area contributed by atoms with Gasteiger partial charge in [-0.25, -0.2) is 0 Å². The second-order valence-corrected chi connectivity index (χ2v) is 27.8. The van der Waals surface area contributed by atoms with Gasteiger partial charge in [-0.1, -0.05) is 262 Å². The van der Waals surface area contributed by atoms with Crippen molar-refractivity contribution in [2.24, 2.45) is 0 Å². The zero-order chi connectivity index (χ0) is 70.1. The van der Waals surface area contributed by atoms with E-state index in [1.807, 2.05) is 48.5 Å². The fraction of sp³-hybridized carbons (Fsp3) is 0.316. The topological polar surface area (TPSA) is 119 Å². The Balaban J connectivity index is 1.55. The lowest BCUT2D eigenvalue weighted by Gasteiger charge is -2.65. The van der Waals surface area contributed by atoms with Crippen molar-refractivity contribution in [3.05, 3.63) is 354 Å². The van der Waals surface area contributed by atoms with E-state index in [0.29, 0.717) is 53.5 Å². The Morgan fingerprint density at radius 1 is 0.230 bits per heavy atom. The second kappa shape index (κ2) is 35.9. The van der Waals surface area contributed by atoms with Crippen LogP contribution in [-0.2, 0) is 68.6 Å². The SMILES string of the molecule is CCCCCCc1ccc(C(C(Cc2ccc(C#N)cc2)c2ccc(CC)cc2)(C(Cc2ccc(C#N)cc2)c2ccc(CCC)cc2)C(c2ccc(C#N)cc2)(C(Cc2ccc(C#N)cc2)c2ccc(CCCC)cc2)C(Cc2ccc(C#N)cc2)c2ccc(CCCCC)cc2)cc1. The molecule has 0 amide bonds. The maximum absolute atomic E-state index is 11.2. The minimum Gasteiger partial charge on any atom is -0.192 e. The molecule has 0 fully saturated rings. The van der Waals surface area contributed by atoms with Crippen molar-refractivity contribution in [1.29, 1.82) is 26.3 Å². The highest BCUT2D eigenvalue weighted by atomic mass is 14.7. The van der Waals surface area contributed by atoms with Crippen molar-refractivity contribution < 1.29 is 0 Å². The smallest absolute Gasteiger partial charge is 0.0991 e. The van der Waals surface area contributed by atoms with Crippen LogP contribution >= 0.6 is 0 Å². The van der Waals surface area contributed by atoms with Crippen LogP contribution in [0.4, 0.5) is 0 Å². The lowest BCUT2D eigenvalue weighted by molar-refractivity contribution is 0.0696. The predicted molar refractivity (Wildman–Crippen MR) is 410 cm³/mol. The van der Waals surface area contributed by atoms with E-state index >= 15 is 0 Å². The lowest BCUT2D eigenvalue weighted by Crippen LogP contribution is -2.63. The van der Waals surface area contributed by atoms with Crippen LogP contribution < -0.4 is 0 Å². The molecule has 0 aliphatic carbocycles. The lowest BCUT2D eigenvalue weighted by atomic mass is 9.36. The molecule has 10 aromatic rings. The average molecular weight is 1310 g/mol. The molecule has 0 spiro atoms. The van der Waals surface area contributed by atoms with E-state index in [9.17, 15) is 26.3 Å². The molecule has 0 saturated heterocycles. The van der Waals surface area contributed by atoms with Crippen molar-refractivity contribution in [1.82, 2.24) is 0 Å². The Labute approximate surface area is 598 Å². The number of nitriles is 5. The summed E-state index contributed by atoms with van der Waals surface area (Å²) in [6.07, 6.45) is 17.8. The van der Waals surface area contributed by atoms with E-state index in [0.717, 1.165) is 118 Å². The van der Waals surface area contributed by atoms with Gasteiger partial charge in [0.25, 0.3) is 0 Å². The van der Waals surface area contributed by atoms with Crippen LogP contribution in [0, 0.1) is 56.7 Å². The summed E-state index contributed by atoms with van der Waals surface area (Å²) in [7, 11) is 0. The molecule has 5 nitrogen and oxygen atoms in total. The molecular formula is C95H97N5. The first-order chi connectivity index (χ1) is 49.1. The maximum Gasteiger partial charge on any atom is 0.0991 e. The molecule has 6 atom stereocenters. The van der Waals surface area contributed by atoms with Crippen LogP contribution in [0.25, 0.3) is 0 Å². The van der Waals surface area contributed by atoms with Gasteiger partial charge in [0, 0.05) is 10.8 Å². The maximum atomic E-state index is 11.2. The van der Waals surface area contributed by atoms with Gasteiger partial charge in [0.1, 0.15) is 0 Å². The Morgan fingerprint density at radius 3 is 0.740 bits per heavy atom. The molecule has 0 saturated carbocycles. The van der Waals surface area contributed by atoms with Crippen LogP contribution in [0.1, 0.15) is 234 Å². The van der Waals surface area contributed by atoms with Gasteiger partial charge in [-0.15, -0.1) is 0 Å². The number of nitrogens with zero attached hydrogens (tertiary/aromatic N) is 5. The summed E-state index contributed by atoms with van der Waals surface area (Å²) in [6, 6.07) is 103. The molecule has 100 heavy (non-hydrogen) atoms. The molecule has 0 radical (unpaired) electrons. The minimum absolute atomic E-state index is 0.402. The largest absolute Gasteiger partial charge is 0.192 e. The molecule has 0 aliphatic rings. The van der Waals surface area contributed by atoms with E-state index in [1.165, 1.54) is 62.1 Å². The number of benzene rings is 10. The number of rotatable bonds is 34. The second-order valence-electron chi connectivity index (χ2n) is 27.8. The van der Waals surface area contributed by atoms with Crippen LogP contribution in [-0.4, -0.2) is 0 Å². The van der Waals surface area contributed by atoms with Gasteiger partial charge in [-0.05, 0) is 245 Å². The van der Waals surface area contributed by atoms with Crippen LogP contribution in [0.5, 0.6) is 0 Å². The summed E-state index contributed by atoms with van der Waals surface area (Å²) in [5, 5.41) is 53.4. The number of unbranched alkanes of at least 4 members (excludes halogenated alkanes) is 6. The minimum atomic E-state index is -1.15. The van der Waals surface area contributed by atoms with Gasteiger partial charge in [0.05, 0.1) is 58.2 Å². The molecule has 10 rings (SSSR count). The third-order valence-electron chi connectivity index (χ3n) is 21.6. The van der Waals surface area contributed by atoms with Crippen molar-refractivity contribution in [2.75, 3.05) is 0 Å². The first-order valence-corrected chi connectivity index (χ1v) is 37.0. The van der Waals surface area contributed by atoms with Crippen molar-refractivity contribution >= 4 is 0 Å². The van der Waals surface area contributed by atoms with Gasteiger partial charge in [-0.3, -0.25) is 0 Å². The van der Waals surface area contributed by atoms with Gasteiger partial charge in [-0.2, -0.15) is 26.3 Å². The number of hydrogen-bond donors (Lipinski definition) is 0. The molecule has 502 valence electrons. The van der Waals surface area contributed by atoms with Crippen LogP contribution in [0.15, 0.2) is 243 Å². The molecule has 0 bridgehead atoms. The van der Waals surface area contributed by atoms with Crippen molar-refractivity contribution in [3.8, 4) is 30.3 Å². The quantitative estimate of drug-likeness (QED) is 0.0372. The van der Waals surface area contributed by atoms with Gasteiger partial charge in [0.2, 0.25) is 0 Å². The molecule has 0 aromatic heterocycles. The fourth-order valence-electron chi connectivity index (χ4n) is 16.4. The molecule has 10 aromatic carbocycles. The summed E-state index contributed by atoms with van der Waals surface area (Å²) in [5.41, 5.74) is 18.3. The molecular weight excluding hydrogens is 1210 g/mol. The van der Waals surface area contributed by atoms with Gasteiger partial charge < -0.3 is 0 Å². The van der Waals surface area contributed by atoms with E-state index < -0.39 is 34.5 Å². The van der Waals surface area contributed by atoms with Crippen LogP contribution in [0.3, 0.4) is 0 Å². The first kappa shape index (κ1) is 72.4. The highest BCUT2D eigenvalue weighted by Crippen LogP contribution is 2.71. The molecule has 5 heteroatoms. The van der Waals surface area contributed by atoms with E-state index in [2.05, 4.69) is 259 Å². The number of hydrogen-bond acceptors (Lipinski definition) is 5. The highest BCUT2D eigenvalue weighted by molar-refractivity contribution is 5.59. The number of aryl methyl sites for hydroxylation is 5. The summed E-state index contributed by atoms with van der Waals surface area (Å²) < 4.78 is 0. The Morgan fingerprint density at radius 2 is 0.460 bits per heavy atom. The predicted octanol–water partition coefficient (Wildman–Crippen LogP) is 23.0. The van der Waals surface area contributed by atoms with Crippen molar-refractivity contribution in [2.45, 2.75) is 191 Å². The molecule has 6 unspecified atom stereocenters. The Bertz CT molecular complexity index is 4400. The molecule has 0 N–H and O–H groups in total. The highest BCUT2D eigenvalue weighted by Gasteiger charge is 2.67. The van der Waals surface area contributed by atoms with Gasteiger partial charge in [0.15, 0.2) is 0 Å². The summed E-state index contributed by atoms with van der Waals surface area (Å²) in [5.74, 6) is -1.65. The summed E-state index contributed by atoms with van der Waals surface area (Å²) >= 11 is 0. The fourth-order valence-corrected chi connectivity index (χ4v) is 16.4. The van der Waals surface area contributed by atoms with Crippen molar-refractivity contribution in [3.63, 3.8) is 0 Å². The zero-order valence-corrected chi connectivity index (χ0v) is 59.6. The first-order valence-electron chi connectivity index (χ1n) is 37.0. The zero-order valence-electron chi connectivity index (χ0n) is 59.6. The molecule has 0 heterocycles. The average Bonchev–Trinajstić information content (AvgIpc) is 0.672. The Hall–Kier alpha value is -10.4. The van der Waals surface area contributed by atoms with Gasteiger partial charge >= 0.3 is 0 Å².